The zero-order valence-corrected chi connectivity index (χ0v) is 13.6. The Balaban J connectivity index is 2.26. The summed E-state index contributed by atoms with van der Waals surface area (Å²) in [6.07, 6.45) is 1.38. The van der Waals surface area contributed by atoms with Crippen molar-refractivity contribution in [2.75, 3.05) is 19.8 Å². The highest BCUT2D eigenvalue weighted by Gasteiger charge is 2.40. The van der Waals surface area contributed by atoms with Crippen LogP contribution in [0.5, 0.6) is 0 Å². The van der Waals surface area contributed by atoms with E-state index in [1.54, 1.807) is 0 Å². The molecule has 1 rings (SSSR count). The van der Waals surface area contributed by atoms with E-state index < -0.39 is 0 Å². The number of imide groups is 1. The summed E-state index contributed by atoms with van der Waals surface area (Å²) in [5.74, 6) is -0.745. The van der Waals surface area contributed by atoms with Gasteiger partial charge in [0.1, 0.15) is 5.78 Å². The molecule has 1 unspecified atom stereocenters. The molecule has 0 aromatic rings. The maximum Gasteiger partial charge on any atom is 0.233 e. The van der Waals surface area contributed by atoms with Gasteiger partial charge in [-0.05, 0) is 19.3 Å². The third-order valence-corrected chi connectivity index (χ3v) is 3.76. The van der Waals surface area contributed by atoms with E-state index in [0.29, 0.717) is 26.1 Å². The van der Waals surface area contributed by atoms with Gasteiger partial charge in [-0.2, -0.15) is 0 Å². The molecule has 0 bridgehead atoms. The van der Waals surface area contributed by atoms with E-state index in [9.17, 15) is 19.2 Å². The van der Waals surface area contributed by atoms with Crippen LogP contribution in [0.15, 0.2) is 0 Å². The zero-order valence-electron chi connectivity index (χ0n) is 13.6. The summed E-state index contributed by atoms with van der Waals surface area (Å²) < 4.78 is 5.24. The van der Waals surface area contributed by atoms with Gasteiger partial charge in [0.25, 0.3) is 0 Å². The minimum Gasteiger partial charge on any atom is -0.381 e. The molecule has 0 radical (unpaired) electrons. The van der Waals surface area contributed by atoms with Gasteiger partial charge < -0.3 is 4.74 Å². The van der Waals surface area contributed by atoms with E-state index in [1.807, 2.05) is 13.8 Å². The number of ketones is 2. The summed E-state index contributed by atoms with van der Waals surface area (Å²) in [5.41, 5.74) is 0. The number of hydrogen-bond acceptors (Lipinski definition) is 5. The third kappa shape index (κ3) is 5.67. The number of likely N-dealkylation sites (tertiary alicyclic amines) is 1. The normalized spacial score (nSPS) is 18.4. The highest BCUT2D eigenvalue weighted by atomic mass is 16.5. The Hall–Kier alpha value is -1.56. The monoisotopic (exact) mass is 311 g/mol. The molecule has 6 nitrogen and oxygen atoms in total. The molecule has 6 heteroatoms. The molecule has 1 fully saturated rings. The maximum absolute atomic E-state index is 12.1. The molecule has 0 aromatic carbocycles. The van der Waals surface area contributed by atoms with Crippen LogP contribution in [0.3, 0.4) is 0 Å². The molecule has 1 aliphatic rings. The average molecular weight is 311 g/mol. The van der Waals surface area contributed by atoms with Crippen molar-refractivity contribution < 1.29 is 23.9 Å². The molecule has 0 N–H and O–H groups in total. The minimum atomic E-state index is -0.296. The molecule has 0 saturated carbocycles. The first-order chi connectivity index (χ1) is 10.3. The van der Waals surface area contributed by atoms with Crippen molar-refractivity contribution in [1.29, 1.82) is 0 Å². The molecule has 1 heterocycles. The molecule has 2 amide bonds. The fraction of sp³-hybridized carbons (Fsp3) is 0.750. The Bertz CT molecular complexity index is 444. The maximum atomic E-state index is 12.1. The summed E-state index contributed by atoms with van der Waals surface area (Å²) in [7, 11) is 0. The largest absolute Gasteiger partial charge is 0.381 e. The Morgan fingerprint density at radius 3 is 2.45 bits per heavy atom. The van der Waals surface area contributed by atoms with Crippen LogP contribution in [0.25, 0.3) is 0 Å². The van der Waals surface area contributed by atoms with E-state index in [4.69, 9.17) is 4.74 Å². The number of ether oxygens (including phenoxy) is 1. The number of carbonyl (C=O) groups excluding carboxylic acids is 4. The summed E-state index contributed by atoms with van der Waals surface area (Å²) in [5, 5.41) is 0. The van der Waals surface area contributed by atoms with Gasteiger partial charge in [-0.3, -0.25) is 24.1 Å². The molecule has 124 valence electrons. The minimum absolute atomic E-state index is 0.0711. The van der Waals surface area contributed by atoms with Crippen LogP contribution in [0, 0.1) is 11.8 Å². The number of amides is 2. The first kappa shape index (κ1) is 18.5. The lowest BCUT2D eigenvalue weighted by Gasteiger charge is -2.15. The number of hydrogen-bond donors (Lipinski definition) is 0. The summed E-state index contributed by atoms with van der Waals surface area (Å²) in [4.78, 5) is 47.5. The smallest absolute Gasteiger partial charge is 0.233 e. The molecular weight excluding hydrogens is 286 g/mol. The fourth-order valence-electron chi connectivity index (χ4n) is 2.34. The lowest BCUT2D eigenvalue weighted by atomic mass is 9.94. The molecule has 0 aliphatic carbocycles. The lowest BCUT2D eigenvalue weighted by Crippen LogP contribution is -2.36. The van der Waals surface area contributed by atoms with Crippen molar-refractivity contribution in [3.05, 3.63) is 0 Å². The van der Waals surface area contributed by atoms with Gasteiger partial charge in [0.2, 0.25) is 11.8 Å². The van der Waals surface area contributed by atoms with Gasteiger partial charge in [0, 0.05) is 31.8 Å². The van der Waals surface area contributed by atoms with Crippen molar-refractivity contribution >= 4 is 23.4 Å². The van der Waals surface area contributed by atoms with Crippen LogP contribution in [0.2, 0.25) is 0 Å². The van der Waals surface area contributed by atoms with Gasteiger partial charge in [0.05, 0.1) is 13.2 Å². The van der Waals surface area contributed by atoms with Crippen LogP contribution < -0.4 is 0 Å². The second-order valence-electron chi connectivity index (χ2n) is 6.08. The third-order valence-electron chi connectivity index (χ3n) is 3.76. The van der Waals surface area contributed by atoms with Crippen LogP contribution in [-0.2, 0) is 23.9 Å². The van der Waals surface area contributed by atoms with Gasteiger partial charge >= 0.3 is 0 Å². The fourth-order valence-corrected chi connectivity index (χ4v) is 2.34. The molecule has 1 saturated heterocycles. The molecule has 0 aromatic heterocycles. The Kier molecular flexibility index (Phi) is 7.38. The Morgan fingerprint density at radius 2 is 1.91 bits per heavy atom. The average Bonchev–Trinajstić information content (AvgIpc) is 2.70. The molecule has 22 heavy (non-hydrogen) atoms. The van der Waals surface area contributed by atoms with Crippen molar-refractivity contribution in [2.24, 2.45) is 11.8 Å². The first-order valence-corrected chi connectivity index (χ1v) is 7.76. The Morgan fingerprint density at radius 1 is 1.23 bits per heavy atom. The SMILES string of the molecule is CC(=O)CCOCCCC(=O)CN1C(=O)CC(C(C)C)C1=O. The highest BCUT2D eigenvalue weighted by Crippen LogP contribution is 2.26. The zero-order chi connectivity index (χ0) is 16.7. The van der Waals surface area contributed by atoms with Gasteiger partial charge in [-0.1, -0.05) is 13.8 Å². The summed E-state index contributed by atoms with van der Waals surface area (Å²) >= 11 is 0. The summed E-state index contributed by atoms with van der Waals surface area (Å²) in [6.45, 7) is 5.94. The molecule has 0 spiro atoms. The standard InChI is InChI=1S/C16H25NO5/c1-11(2)14-9-15(20)17(16(14)21)10-13(19)5-4-7-22-8-6-12(3)18/h11,14H,4-10H2,1-3H3. The predicted molar refractivity (Wildman–Crippen MR) is 80.0 cm³/mol. The van der Waals surface area contributed by atoms with Crippen LogP contribution in [-0.4, -0.2) is 48.0 Å². The molecule has 1 aliphatic heterocycles. The van der Waals surface area contributed by atoms with E-state index in [0.717, 1.165) is 4.90 Å². The number of carbonyl (C=O) groups is 4. The lowest BCUT2D eigenvalue weighted by molar-refractivity contribution is -0.143. The van der Waals surface area contributed by atoms with Crippen molar-refractivity contribution in [3.8, 4) is 0 Å². The predicted octanol–water partition coefficient (Wildman–Crippen LogP) is 1.36. The van der Waals surface area contributed by atoms with Crippen LogP contribution in [0.1, 0.15) is 46.5 Å². The quantitative estimate of drug-likeness (QED) is 0.449. The van der Waals surface area contributed by atoms with Gasteiger partial charge in [0.15, 0.2) is 5.78 Å². The van der Waals surface area contributed by atoms with Crippen LogP contribution >= 0.6 is 0 Å². The highest BCUT2D eigenvalue weighted by molar-refractivity contribution is 6.06. The second-order valence-corrected chi connectivity index (χ2v) is 6.08. The van der Waals surface area contributed by atoms with Crippen molar-refractivity contribution in [3.63, 3.8) is 0 Å². The van der Waals surface area contributed by atoms with Crippen LogP contribution in [0.4, 0.5) is 0 Å². The Labute approximate surface area is 131 Å². The van der Waals surface area contributed by atoms with E-state index >= 15 is 0 Å². The van der Waals surface area contributed by atoms with E-state index in [-0.39, 0.29) is 54.6 Å². The summed E-state index contributed by atoms with van der Waals surface area (Å²) in [6, 6.07) is 0. The molecular formula is C16H25NO5. The second kappa shape index (κ2) is 8.78. The van der Waals surface area contributed by atoms with Gasteiger partial charge in [-0.25, -0.2) is 0 Å². The van der Waals surface area contributed by atoms with Gasteiger partial charge in [-0.15, -0.1) is 0 Å². The number of nitrogens with zero attached hydrogens (tertiary/aromatic N) is 1. The van der Waals surface area contributed by atoms with E-state index in [1.165, 1.54) is 6.92 Å². The van der Waals surface area contributed by atoms with Crippen molar-refractivity contribution in [2.45, 2.75) is 46.5 Å². The number of rotatable bonds is 10. The first-order valence-electron chi connectivity index (χ1n) is 7.76. The topological polar surface area (TPSA) is 80.8 Å². The van der Waals surface area contributed by atoms with Crippen molar-refractivity contribution in [1.82, 2.24) is 4.90 Å². The number of Topliss-reactive ketones (excluding diaryl/α,β-unsaturated/α-hetero) is 2. The molecule has 1 atom stereocenters. The van der Waals surface area contributed by atoms with E-state index in [2.05, 4.69) is 0 Å².